The number of likely N-dealkylation sites (N-methyl/N-ethyl adjacent to an activating group) is 1. The number of aromatic nitrogens is 3. The largest absolute Gasteiger partial charge is 0.481 e. The molecule has 0 bridgehead atoms. The van der Waals surface area contributed by atoms with Crippen molar-refractivity contribution in [3.05, 3.63) is 10.5 Å². The standard InChI is InChI=1S/C9H16N4O3S/c1-6(4-12(2)3)13-8(16)10-11-9(13)17-5-7(14)15/h6H,4-5H2,1-3H3,(H,10,16)(H,14,15). The molecule has 0 amide bonds. The Bertz CT molecular complexity index is 440. The van der Waals surface area contributed by atoms with Crippen LogP contribution in [-0.4, -0.2) is 57.1 Å². The molecular weight excluding hydrogens is 244 g/mol. The molecule has 17 heavy (non-hydrogen) atoms. The fraction of sp³-hybridized carbons (Fsp3) is 0.667. The van der Waals surface area contributed by atoms with Crippen LogP contribution in [0.1, 0.15) is 13.0 Å². The van der Waals surface area contributed by atoms with E-state index in [-0.39, 0.29) is 17.5 Å². The van der Waals surface area contributed by atoms with Gasteiger partial charge < -0.3 is 10.0 Å². The summed E-state index contributed by atoms with van der Waals surface area (Å²) >= 11 is 1.03. The van der Waals surface area contributed by atoms with Crippen LogP contribution in [0.25, 0.3) is 0 Å². The SMILES string of the molecule is CC(CN(C)C)n1c(SCC(=O)O)n[nH]c1=O. The van der Waals surface area contributed by atoms with Gasteiger partial charge in [-0.2, -0.15) is 0 Å². The van der Waals surface area contributed by atoms with Crippen LogP contribution < -0.4 is 5.69 Å². The summed E-state index contributed by atoms with van der Waals surface area (Å²) in [6.45, 7) is 2.57. The zero-order chi connectivity index (χ0) is 13.0. The molecule has 1 aromatic rings. The van der Waals surface area contributed by atoms with E-state index in [1.165, 1.54) is 4.57 Å². The van der Waals surface area contributed by atoms with Gasteiger partial charge in [-0.1, -0.05) is 11.8 Å². The number of carboxylic acid groups (broad SMARTS) is 1. The second kappa shape index (κ2) is 5.87. The molecule has 0 aromatic carbocycles. The highest BCUT2D eigenvalue weighted by atomic mass is 32.2. The third kappa shape index (κ3) is 3.90. The first-order valence-corrected chi connectivity index (χ1v) is 6.06. The molecular formula is C9H16N4O3S. The maximum Gasteiger partial charge on any atom is 0.344 e. The number of H-pyrrole nitrogens is 1. The molecule has 7 nitrogen and oxygen atoms in total. The highest BCUT2D eigenvalue weighted by Crippen LogP contribution is 2.16. The van der Waals surface area contributed by atoms with E-state index in [2.05, 4.69) is 10.2 Å². The second-order valence-electron chi connectivity index (χ2n) is 3.98. The van der Waals surface area contributed by atoms with Crippen LogP contribution in [0.4, 0.5) is 0 Å². The van der Waals surface area contributed by atoms with Gasteiger partial charge >= 0.3 is 11.7 Å². The number of carbonyl (C=O) groups is 1. The molecule has 96 valence electrons. The third-order valence-electron chi connectivity index (χ3n) is 2.07. The van der Waals surface area contributed by atoms with E-state index in [4.69, 9.17) is 5.11 Å². The van der Waals surface area contributed by atoms with Gasteiger partial charge in [0, 0.05) is 6.54 Å². The van der Waals surface area contributed by atoms with Crippen molar-refractivity contribution in [3.63, 3.8) is 0 Å². The van der Waals surface area contributed by atoms with E-state index >= 15 is 0 Å². The fourth-order valence-corrected chi connectivity index (χ4v) is 2.28. The van der Waals surface area contributed by atoms with Gasteiger partial charge in [-0.15, -0.1) is 5.10 Å². The Morgan fingerprint density at radius 1 is 1.65 bits per heavy atom. The maximum absolute atomic E-state index is 11.6. The first-order chi connectivity index (χ1) is 7.91. The van der Waals surface area contributed by atoms with E-state index in [0.29, 0.717) is 11.7 Å². The van der Waals surface area contributed by atoms with Crippen LogP contribution >= 0.6 is 11.8 Å². The molecule has 1 heterocycles. The minimum absolute atomic E-state index is 0.0625. The Kier molecular flexibility index (Phi) is 4.76. The number of rotatable bonds is 6. The second-order valence-corrected chi connectivity index (χ2v) is 4.92. The molecule has 0 aliphatic rings. The Morgan fingerprint density at radius 3 is 2.82 bits per heavy atom. The third-order valence-corrected chi connectivity index (χ3v) is 3.00. The average Bonchev–Trinajstić information content (AvgIpc) is 2.55. The number of aromatic amines is 1. The summed E-state index contributed by atoms with van der Waals surface area (Å²) in [6.07, 6.45) is 0. The fourth-order valence-electron chi connectivity index (χ4n) is 1.52. The molecule has 0 saturated heterocycles. The van der Waals surface area contributed by atoms with Gasteiger partial charge in [0.25, 0.3) is 0 Å². The minimum Gasteiger partial charge on any atom is -0.481 e. The maximum atomic E-state index is 11.6. The van der Waals surface area contributed by atoms with E-state index in [1.807, 2.05) is 25.9 Å². The van der Waals surface area contributed by atoms with Gasteiger partial charge in [0.2, 0.25) is 0 Å². The van der Waals surface area contributed by atoms with Crippen LogP contribution in [-0.2, 0) is 4.79 Å². The van der Waals surface area contributed by atoms with Crippen molar-refractivity contribution in [2.45, 2.75) is 18.1 Å². The summed E-state index contributed by atoms with van der Waals surface area (Å²) in [5.74, 6) is -1.05. The number of hydrogen-bond donors (Lipinski definition) is 2. The number of nitrogens with zero attached hydrogens (tertiary/aromatic N) is 3. The van der Waals surface area contributed by atoms with E-state index in [1.54, 1.807) is 0 Å². The van der Waals surface area contributed by atoms with Gasteiger partial charge in [0.15, 0.2) is 5.16 Å². The van der Waals surface area contributed by atoms with E-state index < -0.39 is 5.97 Å². The summed E-state index contributed by atoms with van der Waals surface area (Å²) < 4.78 is 1.48. The lowest BCUT2D eigenvalue weighted by Gasteiger charge is -2.18. The van der Waals surface area contributed by atoms with Crippen LogP contribution in [0, 0.1) is 0 Å². The van der Waals surface area contributed by atoms with Gasteiger partial charge in [-0.3, -0.25) is 9.36 Å². The zero-order valence-electron chi connectivity index (χ0n) is 10.0. The lowest BCUT2D eigenvalue weighted by molar-refractivity contribution is -0.133. The lowest BCUT2D eigenvalue weighted by Crippen LogP contribution is -2.29. The van der Waals surface area contributed by atoms with Crippen molar-refractivity contribution < 1.29 is 9.90 Å². The summed E-state index contributed by atoms with van der Waals surface area (Å²) in [6, 6.07) is -0.0625. The summed E-state index contributed by atoms with van der Waals surface area (Å²) in [5.41, 5.74) is -0.313. The highest BCUT2D eigenvalue weighted by Gasteiger charge is 2.16. The monoisotopic (exact) mass is 260 g/mol. The summed E-state index contributed by atoms with van der Waals surface area (Å²) in [4.78, 5) is 24.0. The average molecular weight is 260 g/mol. The Hall–Kier alpha value is -1.28. The summed E-state index contributed by atoms with van der Waals surface area (Å²) in [5, 5.41) is 15.2. The van der Waals surface area contributed by atoms with Gasteiger partial charge in [0.1, 0.15) is 0 Å². The normalized spacial score (nSPS) is 12.9. The topological polar surface area (TPSA) is 91.2 Å². The van der Waals surface area contributed by atoms with Crippen molar-refractivity contribution in [2.75, 3.05) is 26.4 Å². The molecule has 1 aromatic heterocycles. The molecule has 0 saturated carbocycles. The lowest BCUT2D eigenvalue weighted by atomic mass is 10.3. The first-order valence-electron chi connectivity index (χ1n) is 5.08. The van der Waals surface area contributed by atoms with Crippen molar-refractivity contribution >= 4 is 17.7 Å². The number of hydrogen-bond acceptors (Lipinski definition) is 5. The predicted octanol–water partition coefficient (Wildman–Crippen LogP) is -0.129. The van der Waals surface area contributed by atoms with Gasteiger partial charge in [-0.05, 0) is 21.0 Å². The summed E-state index contributed by atoms with van der Waals surface area (Å²) in [7, 11) is 3.82. The smallest absolute Gasteiger partial charge is 0.344 e. The molecule has 8 heteroatoms. The van der Waals surface area contributed by atoms with Crippen LogP contribution in [0.3, 0.4) is 0 Å². The number of carboxylic acids is 1. The first kappa shape index (κ1) is 13.8. The van der Waals surface area contributed by atoms with Crippen molar-refractivity contribution in [2.24, 2.45) is 0 Å². The van der Waals surface area contributed by atoms with Crippen LogP contribution in [0.2, 0.25) is 0 Å². The molecule has 1 atom stereocenters. The zero-order valence-corrected chi connectivity index (χ0v) is 10.8. The minimum atomic E-state index is -0.933. The molecule has 0 aliphatic heterocycles. The van der Waals surface area contributed by atoms with Crippen LogP contribution in [0.15, 0.2) is 9.95 Å². The van der Waals surface area contributed by atoms with Gasteiger partial charge in [0.05, 0.1) is 11.8 Å². The van der Waals surface area contributed by atoms with Crippen molar-refractivity contribution in [1.82, 2.24) is 19.7 Å². The Balaban J connectivity index is 2.85. The molecule has 0 radical (unpaired) electrons. The molecule has 0 fully saturated rings. The number of thioether (sulfide) groups is 1. The number of nitrogens with one attached hydrogen (secondary N) is 1. The molecule has 0 aliphatic carbocycles. The molecule has 1 rings (SSSR count). The van der Waals surface area contributed by atoms with Crippen molar-refractivity contribution in [3.8, 4) is 0 Å². The number of aliphatic carboxylic acids is 1. The molecule has 1 unspecified atom stereocenters. The van der Waals surface area contributed by atoms with Gasteiger partial charge in [-0.25, -0.2) is 9.89 Å². The van der Waals surface area contributed by atoms with Crippen molar-refractivity contribution in [1.29, 1.82) is 0 Å². The van der Waals surface area contributed by atoms with Crippen LogP contribution in [0.5, 0.6) is 0 Å². The quantitative estimate of drug-likeness (QED) is 0.692. The Labute approximate surface area is 103 Å². The van der Waals surface area contributed by atoms with E-state index in [0.717, 1.165) is 11.8 Å². The molecule has 2 N–H and O–H groups in total. The Morgan fingerprint density at radius 2 is 2.29 bits per heavy atom. The predicted molar refractivity (Wildman–Crippen MR) is 64.5 cm³/mol. The highest BCUT2D eigenvalue weighted by molar-refractivity contribution is 7.99. The van der Waals surface area contributed by atoms with E-state index in [9.17, 15) is 9.59 Å². The molecule has 0 spiro atoms.